The van der Waals surface area contributed by atoms with E-state index in [9.17, 15) is 4.39 Å². The van der Waals surface area contributed by atoms with Crippen LogP contribution in [0.25, 0.3) is 11.0 Å². The smallest absolute Gasteiger partial charge is 0.156 e. The van der Waals surface area contributed by atoms with Gasteiger partial charge in [0.25, 0.3) is 0 Å². The van der Waals surface area contributed by atoms with Crippen molar-refractivity contribution in [1.82, 2.24) is 8.96 Å². The maximum absolute atomic E-state index is 13.5. The summed E-state index contributed by atoms with van der Waals surface area (Å²) in [6.07, 6.45) is 1.24. The van der Waals surface area contributed by atoms with Gasteiger partial charge in [-0.15, -0.1) is 0 Å². The molecule has 110 valence electrons. The Bertz CT molecular complexity index is 741. The molecule has 3 aromatic rings. The molecule has 0 amide bonds. The molecular weight excluding hydrogens is 351 g/mol. The van der Waals surface area contributed by atoms with Crippen LogP contribution in [0, 0.1) is 12.7 Å². The second-order valence-electron chi connectivity index (χ2n) is 4.14. The molecule has 0 N–H and O–H groups in total. The lowest BCUT2D eigenvalue weighted by atomic mass is 10.3. The Hall–Kier alpha value is -1.33. The molecule has 0 spiro atoms. The number of pyridine rings is 1. The molecule has 5 heteroatoms. The van der Waals surface area contributed by atoms with Crippen LogP contribution in [0.4, 0.5) is 4.39 Å². The van der Waals surface area contributed by atoms with Crippen LogP contribution < -0.4 is 0 Å². The van der Waals surface area contributed by atoms with Crippen LogP contribution in [-0.2, 0) is 0 Å². The molecule has 21 heavy (non-hydrogen) atoms. The van der Waals surface area contributed by atoms with Crippen LogP contribution in [0.3, 0.4) is 0 Å². The number of rotatable bonds is 2. The molecule has 3 rings (SSSR count). The van der Waals surface area contributed by atoms with Crippen LogP contribution in [0.2, 0.25) is 0 Å². The topological polar surface area (TPSA) is 17.8 Å². The first kappa shape index (κ1) is 16.0. The third kappa shape index (κ3) is 3.30. The van der Waals surface area contributed by atoms with Gasteiger partial charge in [-0.3, -0.25) is 3.97 Å². The number of nitrogens with zero attached hydrogens (tertiary/aromatic N) is 2. The third-order valence-corrected chi connectivity index (χ3v) is 4.73. The quantitative estimate of drug-likeness (QED) is 0.567. The zero-order chi connectivity index (χ0) is 15.4. The largest absolute Gasteiger partial charge is 0.268 e. The van der Waals surface area contributed by atoms with Gasteiger partial charge in [0.2, 0.25) is 0 Å². The summed E-state index contributed by atoms with van der Waals surface area (Å²) in [4.78, 5) is 5.31. The summed E-state index contributed by atoms with van der Waals surface area (Å²) in [6.45, 7) is 5.99. The lowest BCUT2D eigenvalue weighted by Crippen LogP contribution is -1.92. The van der Waals surface area contributed by atoms with Crippen molar-refractivity contribution < 1.29 is 4.39 Å². The van der Waals surface area contributed by atoms with Gasteiger partial charge in [0.05, 0.1) is 10.7 Å². The van der Waals surface area contributed by atoms with Crippen molar-refractivity contribution in [3.63, 3.8) is 0 Å². The van der Waals surface area contributed by atoms with E-state index < -0.39 is 0 Å². The molecule has 0 aliphatic carbocycles. The number of aromatic nitrogens is 2. The molecule has 0 fully saturated rings. The highest BCUT2D eigenvalue weighted by Gasteiger charge is 2.13. The summed E-state index contributed by atoms with van der Waals surface area (Å²) in [5.74, 6) is -0.339. The first-order chi connectivity index (χ1) is 10.2. The van der Waals surface area contributed by atoms with Crippen molar-refractivity contribution >= 4 is 38.9 Å². The van der Waals surface area contributed by atoms with Crippen LogP contribution in [-0.4, -0.2) is 8.96 Å². The predicted octanol–water partition coefficient (Wildman–Crippen LogP) is 5.83. The normalized spacial score (nSPS) is 10.3. The van der Waals surface area contributed by atoms with Gasteiger partial charge in [0.15, 0.2) is 11.5 Å². The first-order valence-electron chi connectivity index (χ1n) is 6.72. The number of hydrogen-bond acceptors (Lipinski definition) is 2. The molecule has 2 nitrogen and oxygen atoms in total. The van der Waals surface area contributed by atoms with E-state index >= 15 is 0 Å². The summed E-state index contributed by atoms with van der Waals surface area (Å²) in [7, 11) is 0. The van der Waals surface area contributed by atoms with Crippen LogP contribution in [0.5, 0.6) is 0 Å². The standard InChI is InChI=1S/C14H10BrFN2S.C2H6/c1-9-7-11-13(15)12(16)8-17-14(11)18(9)19-10-5-3-2-4-6-10;1-2/h2-8H,1H3;1-2H3. The molecule has 0 saturated carbocycles. The maximum Gasteiger partial charge on any atom is 0.156 e. The number of fused-ring (bicyclic) bond motifs is 1. The van der Waals surface area contributed by atoms with E-state index in [4.69, 9.17) is 0 Å². The van der Waals surface area contributed by atoms with E-state index in [1.54, 1.807) is 11.9 Å². The van der Waals surface area contributed by atoms with Gasteiger partial charge in [-0.05, 0) is 53.0 Å². The minimum absolute atomic E-state index is 0.339. The molecule has 2 heterocycles. The Morgan fingerprint density at radius 3 is 2.52 bits per heavy atom. The molecule has 0 atom stereocenters. The molecular formula is C16H16BrFN2S. The third-order valence-electron chi connectivity index (χ3n) is 2.79. The molecule has 0 aliphatic rings. The molecule has 0 radical (unpaired) electrons. The zero-order valence-electron chi connectivity index (χ0n) is 12.1. The SMILES string of the molecule is CC.Cc1cc2c(Br)c(F)cnc2n1Sc1ccccc1. The van der Waals surface area contributed by atoms with Gasteiger partial charge < -0.3 is 0 Å². The van der Waals surface area contributed by atoms with Gasteiger partial charge in [-0.25, -0.2) is 9.37 Å². The van der Waals surface area contributed by atoms with Crippen molar-refractivity contribution in [1.29, 1.82) is 0 Å². The fourth-order valence-electron chi connectivity index (χ4n) is 1.90. The van der Waals surface area contributed by atoms with Gasteiger partial charge in [-0.2, -0.15) is 0 Å². The predicted molar refractivity (Wildman–Crippen MR) is 91.2 cm³/mol. The number of hydrogen-bond donors (Lipinski definition) is 0. The highest BCUT2D eigenvalue weighted by atomic mass is 79.9. The number of aryl methyl sites for hydroxylation is 1. The highest BCUT2D eigenvalue weighted by Crippen LogP contribution is 2.32. The van der Waals surface area contributed by atoms with Crippen LogP contribution in [0.1, 0.15) is 19.5 Å². The summed E-state index contributed by atoms with van der Waals surface area (Å²) in [5, 5.41) is 0.793. The Morgan fingerprint density at radius 1 is 1.19 bits per heavy atom. The highest BCUT2D eigenvalue weighted by molar-refractivity contribution is 9.10. The number of benzene rings is 1. The fraction of sp³-hybridized carbons (Fsp3) is 0.188. The summed E-state index contributed by atoms with van der Waals surface area (Å²) in [5.41, 5.74) is 1.79. The Morgan fingerprint density at radius 2 is 1.86 bits per heavy atom. The van der Waals surface area contributed by atoms with Crippen molar-refractivity contribution in [3.05, 3.63) is 58.6 Å². The minimum Gasteiger partial charge on any atom is -0.268 e. The van der Waals surface area contributed by atoms with E-state index in [-0.39, 0.29) is 5.82 Å². The molecule has 0 bridgehead atoms. The molecule has 1 aromatic carbocycles. The van der Waals surface area contributed by atoms with Crippen LogP contribution >= 0.6 is 27.9 Å². The second kappa shape index (κ2) is 7.09. The second-order valence-corrected chi connectivity index (χ2v) is 5.95. The van der Waals surface area contributed by atoms with Gasteiger partial charge in [0.1, 0.15) is 0 Å². The zero-order valence-corrected chi connectivity index (χ0v) is 14.5. The van der Waals surface area contributed by atoms with Crippen LogP contribution in [0.15, 0.2) is 52.0 Å². The molecule has 0 saturated heterocycles. The van der Waals surface area contributed by atoms with E-state index in [0.717, 1.165) is 21.6 Å². The van der Waals surface area contributed by atoms with Gasteiger partial charge >= 0.3 is 0 Å². The summed E-state index contributed by atoms with van der Waals surface area (Å²) in [6, 6.07) is 12.0. The van der Waals surface area contributed by atoms with Gasteiger partial charge in [-0.1, -0.05) is 32.0 Å². The average Bonchev–Trinajstić information content (AvgIpc) is 2.83. The minimum atomic E-state index is -0.339. The van der Waals surface area contributed by atoms with Gasteiger partial charge in [0, 0.05) is 16.0 Å². The van der Waals surface area contributed by atoms with Crippen molar-refractivity contribution in [2.75, 3.05) is 0 Å². The first-order valence-corrected chi connectivity index (χ1v) is 8.29. The van der Waals surface area contributed by atoms with E-state index in [0.29, 0.717) is 4.47 Å². The Balaban J connectivity index is 0.000000774. The monoisotopic (exact) mass is 366 g/mol. The summed E-state index contributed by atoms with van der Waals surface area (Å²) < 4.78 is 16.0. The summed E-state index contributed by atoms with van der Waals surface area (Å²) >= 11 is 4.85. The van der Waals surface area contributed by atoms with Crippen molar-refractivity contribution in [3.8, 4) is 0 Å². The molecule has 0 unspecified atom stereocenters. The lowest BCUT2D eigenvalue weighted by molar-refractivity contribution is 0.618. The average molecular weight is 367 g/mol. The maximum atomic E-state index is 13.5. The van der Waals surface area contributed by atoms with Crippen molar-refractivity contribution in [2.45, 2.75) is 25.7 Å². The Labute approximate surface area is 136 Å². The molecule has 2 aromatic heterocycles. The van der Waals surface area contributed by atoms with E-state index in [1.807, 2.05) is 61.1 Å². The molecule has 0 aliphatic heterocycles. The fourth-order valence-corrected chi connectivity index (χ4v) is 3.21. The number of halogens is 2. The van der Waals surface area contributed by atoms with E-state index in [2.05, 4.69) is 20.9 Å². The van der Waals surface area contributed by atoms with E-state index in [1.165, 1.54) is 6.20 Å². The lowest BCUT2D eigenvalue weighted by Gasteiger charge is -2.06. The van der Waals surface area contributed by atoms with Crippen molar-refractivity contribution in [2.24, 2.45) is 0 Å². The Kier molecular flexibility index (Phi) is 5.42.